The molecule has 0 bridgehead atoms. The highest BCUT2D eigenvalue weighted by atomic mass is 35.5. The summed E-state index contributed by atoms with van der Waals surface area (Å²) in [5.74, 6) is -0.119. The van der Waals surface area contributed by atoms with Crippen molar-refractivity contribution < 1.29 is 9.18 Å². The van der Waals surface area contributed by atoms with Gasteiger partial charge in [0.15, 0.2) is 11.0 Å². The molecule has 34 heavy (non-hydrogen) atoms. The van der Waals surface area contributed by atoms with E-state index in [4.69, 9.17) is 11.6 Å². The molecular formula is C26H24ClFN4OS. The van der Waals surface area contributed by atoms with E-state index in [-0.39, 0.29) is 22.8 Å². The first kappa shape index (κ1) is 24.0. The third-order valence-corrected chi connectivity index (χ3v) is 6.39. The molecule has 0 radical (unpaired) electrons. The maximum Gasteiger partial charge on any atom is 0.234 e. The minimum absolute atomic E-state index is 0.0367. The molecule has 0 saturated heterocycles. The zero-order chi connectivity index (χ0) is 24.3. The number of aromatic nitrogens is 3. The van der Waals surface area contributed by atoms with E-state index in [0.29, 0.717) is 16.0 Å². The van der Waals surface area contributed by atoms with E-state index in [1.165, 1.54) is 29.5 Å². The number of para-hydroxylation sites is 1. The summed E-state index contributed by atoms with van der Waals surface area (Å²) in [5, 5.41) is 12.5. The number of halogens is 2. The molecule has 0 saturated carbocycles. The Morgan fingerprint density at radius 3 is 2.32 bits per heavy atom. The maximum atomic E-state index is 13.9. The van der Waals surface area contributed by atoms with Crippen LogP contribution in [0.15, 0.2) is 78.0 Å². The van der Waals surface area contributed by atoms with E-state index >= 15 is 0 Å². The van der Waals surface area contributed by atoms with Gasteiger partial charge in [0.1, 0.15) is 5.82 Å². The first-order chi connectivity index (χ1) is 16.2. The topological polar surface area (TPSA) is 59.8 Å². The predicted octanol–water partition coefficient (Wildman–Crippen LogP) is 6.76. The fraction of sp³-hybridized carbons (Fsp3) is 0.192. The molecule has 4 rings (SSSR count). The SMILES string of the molecule is CC(C)(C)c1ccc(-c2nnc(SCC(=O)Nc3ccccc3F)n2-c2ccc(Cl)cc2)cc1. The lowest BCUT2D eigenvalue weighted by Crippen LogP contribution is -2.15. The van der Waals surface area contributed by atoms with E-state index in [9.17, 15) is 9.18 Å². The lowest BCUT2D eigenvalue weighted by Gasteiger charge is -2.19. The van der Waals surface area contributed by atoms with Gasteiger partial charge in [0.05, 0.1) is 11.4 Å². The number of nitrogens with zero attached hydrogens (tertiary/aromatic N) is 3. The molecule has 0 fully saturated rings. The second kappa shape index (κ2) is 9.99. The summed E-state index contributed by atoms with van der Waals surface area (Å²) in [6, 6.07) is 21.6. The van der Waals surface area contributed by atoms with Gasteiger partial charge in [-0.1, -0.05) is 80.5 Å². The molecule has 0 unspecified atom stereocenters. The van der Waals surface area contributed by atoms with E-state index in [0.717, 1.165) is 11.3 Å². The van der Waals surface area contributed by atoms with E-state index in [2.05, 4.69) is 48.4 Å². The molecule has 3 aromatic carbocycles. The summed E-state index contributed by atoms with van der Waals surface area (Å²) >= 11 is 7.32. The van der Waals surface area contributed by atoms with Crippen molar-refractivity contribution in [3.8, 4) is 17.1 Å². The molecule has 0 aliphatic rings. The molecule has 1 N–H and O–H groups in total. The first-order valence-corrected chi connectivity index (χ1v) is 12.1. The van der Waals surface area contributed by atoms with Gasteiger partial charge in [-0.25, -0.2) is 4.39 Å². The van der Waals surface area contributed by atoms with Crippen LogP contribution in [0.1, 0.15) is 26.3 Å². The zero-order valence-electron chi connectivity index (χ0n) is 19.0. The van der Waals surface area contributed by atoms with Crippen molar-refractivity contribution in [1.29, 1.82) is 0 Å². The van der Waals surface area contributed by atoms with Gasteiger partial charge in [-0.15, -0.1) is 10.2 Å². The van der Waals surface area contributed by atoms with Crippen molar-refractivity contribution in [1.82, 2.24) is 14.8 Å². The number of anilines is 1. The molecule has 0 aliphatic heterocycles. The highest BCUT2D eigenvalue weighted by Crippen LogP contribution is 2.30. The number of hydrogen-bond donors (Lipinski definition) is 1. The van der Waals surface area contributed by atoms with Gasteiger partial charge in [-0.2, -0.15) is 0 Å². The van der Waals surface area contributed by atoms with Crippen LogP contribution in [0.5, 0.6) is 0 Å². The van der Waals surface area contributed by atoms with Crippen LogP contribution in [0.25, 0.3) is 17.1 Å². The number of thioether (sulfide) groups is 1. The average molecular weight is 495 g/mol. The monoisotopic (exact) mass is 494 g/mol. The molecular weight excluding hydrogens is 471 g/mol. The lowest BCUT2D eigenvalue weighted by molar-refractivity contribution is -0.113. The zero-order valence-corrected chi connectivity index (χ0v) is 20.6. The number of carbonyl (C=O) groups excluding carboxylic acids is 1. The minimum atomic E-state index is -0.480. The van der Waals surface area contributed by atoms with Gasteiger partial charge in [-0.3, -0.25) is 9.36 Å². The summed E-state index contributed by atoms with van der Waals surface area (Å²) in [6.45, 7) is 6.50. The molecule has 5 nitrogen and oxygen atoms in total. The summed E-state index contributed by atoms with van der Waals surface area (Å²) in [7, 11) is 0. The van der Waals surface area contributed by atoms with Crippen molar-refractivity contribution in [2.24, 2.45) is 0 Å². The molecule has 1 amide bonds. The quantitative estimate of drug-likeness (QED) is 0.301. The van der Waals surface area contributed by atoms with E-state index in [1.807, 2.05) is 28.8 Å². The molecule has 8 heteroatoms. The number of amides is 1. The molecule has 1 aromatic heterocycles. The highest BCUT2D eigenvalue weighted by molar-refractivity contribution is 7.99. The van der Waals surface area contributed by atoms with Crippen LogP contribution >= 0.6 is 23.4 Å². The third-order valence-electron chi connectivity index (χ3n) is 5.21. The van der Waals surface area contributed by atoms with Gasteiger partial charge in [-0.05, 0) is 47.4 Å². The Kier molecular flexibility index (Phi) is 7.05. The molecule has 1 heterocycles. The Bertz CT molecular complexity index is 1300. The van der Waals surface area contributed by atoms with Crippen LogP contribution in [-0.4, -0.2) is 26.4 Å². The molecule has 4 aromatic rings. The van der Waals surface area contributed by atoms with Crippen LogP contribution in [0.4, 0.5) is 10.1 Å². The standard InChI is InChI=1S/C26H24ClFN4OS/c1-26(2,3)18-10-8-17(9-11-18)24-30-31-25(32(24)20-14-12-19(27)13-15-20)34-16-23(33)29-22-7-5-4-6-21(22)28/h4-15H,16H2,1-3H3,(H,29,33). The van der Waals surface area contributed by atoms with Gasteiger partial charge >= 0.3 is 0 Å². The third kappa shape index (κ3) is 5.48. The van der Waals surface area contributed by atoms with Crippen molar-refractivity contribution in [3.63, 3.8) is 0 Å². The van der Waals surface area contributed by atoms with Crippen LogP contribution in [0.2, 0.25) is 5.02 Å². The summed E-state index contributed by atoms with van der Waals surface area (Å²) in [5.41, 5.74) is 3.12. The Hall–Kier alpha value is -3.16. The smallest absolute Gasteiger partial charge is 0.234 e. The highest BCUT2D eigenvalue weighted by Gasteiger charge is 2.19. The Morgan fingerprint density at radius 2 is 1.68 bits per heavy atom. The maximum absolute atomic E-state index is 13.9. The number of nitrogens with one attached hydrogen (secondary N) is 1. The van der Waals surface area contributed by atoms with Gasteiger partial charge in [0.25, 0.3) is 0 Å². The minimum Gasteiger partial charge on any atom is -0.323 e. The lowest BCUT2D eigenvalue weighted by atomic mass is 9.87. The predicted molar refractivity (Wildman–Crippen MR) is 136 cm³/mol. The fourth-order valence-corrected chi connectivity index (χ4v) is 4.25. The second-order valence-corrected chi connectivity index (χ2v) is 10.1. The number of hydrogen-bond acceptors (Lipinski definition) is 4. The number of carbonyl (C=O) groups is 1. The molecule has 0 atom stereocenters. The Balaban J connectivity index is 1.62. The van der Waals surface area contributed by atoms with E-state index < -0.39 is 5.82 Å². The number of rotatable bonds is 6. The van der Waals surface area contributed by atoms with E-state index in [1.54, 1.807) is 24.3 Å². The van der Waals surface area contributed by atoms with Crippen LogP contribution in [-0.2, 0) is 10.2 Å². The molecule has 174 valence electrons. The van der Waals surface area contributed by atoms with Crippen molar-refractivity contribution in [2.75, 3.05) is 11.1 Å². The van der Waals surface area contributed by atoms with Gasteiger partial charge in [0, 0.05) is 16.3 Å². The summed E-state index contributed by atoms with van der Waals surface area (Å²) in [6.07, 6.45) is 0. The Morgan fingerprint density at radius 1 is 1.00 bits per heavy atom. The van der Waals surface area contributed by atoms with Crippen LogP contribution < -0.4 is 5.32 Å². The van der Waals surface area contributed by atoms with Gasteiger partial charge in [0.2, 0.25) is 5.91 Å². The summed E-state index contributed by atoms with van der Waals surface area (Å²) in [4.78, 5) is 12.5. The van der Waals surface area contributed by atoms with Crippen LogP contribution in [0, 0.1) is 5.82 Å². The largest absolute Gasteiger partial charge is 0.323 e. The van der Waals surface area contributed by atoms with Crippen molar-refractivity contribution in [3.05, 3.63) is 89.2 Å². The first-order valence-electron chi connectivity index (χ1n) is 10.7. The van der Waals surface area contributed by atoms with Crippen molar-refractivity contribution in [2.45, 2.75) is 31.3 Å². The fourth-order valence-electron chi connectivity index (χ4n) is 3.37. The Labute approximate surface area is 207 Å². The number of benzene rings is 3. The molecule has 0 spiro atoms. The molecule has 0 aliphatic carbocycles. The van der Waals surface area contributed by atoms with Crippen molar-refractivity contribution >= 4 is 35.0 Å². The van der Waals surface area contributed by atoms with Gasteiger partial charge < -0.3 is 5.32 Å². The van der Waals surface area contributed by atoms with Crippen LogP contribution in [0.3, 0.4) is 0 Å². The normalized spacial score (nSPS) is 11.4. The second-order valence-electron chi connectivity index (χ2n) is 8.76. The summed E-state index contributed by atoms with van der Waals surface area (Å²) < 4.78 is 15.8. The average Bonchev–Trinajstić information content (AvgIpc) is 3.23.